The summed E-state index contributed by atoms with van der Waals surface area (Å²) in [4.78, 5) is 6.99. The van der Waals surface area contributed by atoms with Gasteiger partial charge in [-0.1, -0.05) is 18.5 Å². The molecule has 98 valence electrons. The first-order valence-corrected chi connectivity index (χ1v) is 8.11. The second kappa shape index (κ2) is 6.15. The molecule has 0 saturated carbocycles. The molecule has 2 aromatic rings. The Labute approximate surface area is 121 Å². The van der Waals surface area contributed by atoms with Crippen molar-refractivity contribution >= 4 is 34.3 Å². The van der Waals surface area contributed by atoms with Crippen molar-refractivity contribution in [3.8, 4) is 0 Å². The minimum Gasteiger partial charge on any atom is -0.305 e. The van der Waals surface area contributed by atoms with E-state index in [1.165, 1.54) is 9.75 Å². The monoisotopic (exact) mass is 300 g/mol. The zero-order valence-corrected chi connectivity index (χ0v) is 13.2. The number of halogens is 1. The molecule has 18 heavy (non-hydrogen) atoms. The second-order valence-electron chi connectivity index (χ2n) is 4.20. The Balaban J connectivity index is 2.37. The van der Waals surface area contributed by atoms with Crippen LogP contribution >= 0.6 is 34.3 Å². The molecule has 0 bridgehead atoms. The molecule has 0 amide bonds. The van der Waals surface area contributed by atoms with Crippen LogP contribution in [0.25, 0.3) is 0 Å². The summed E-state index contributed by atoms with van der Waals surface area (Å²) >= 11 is 9.74. The molecule has 2 aromatic heterocycles. The zero-order valence-electron chi connectivity index (χ0n) is 10.8. The molecule has 0 aromatic carbocycles. The van der Waals surface area contributed by atoms with Crippen LogP contribution in [0.1, 0.15) is 39.8 Å². The van der Waals surface area contributed by atoms with E-state index >= 15 is 0 Å². The van der Waals surface area contributed by atoms with Gasteiger partial charge in [-0.05, 0) is 38.3 Å². The quantitative estimate of drug-likeness (QED) is 0.875. The smallest absolute Gasteiger partial charge is 0.0900 e. The van der Waals surface area contributed by atoms with E-state index in [0.29, 0.717) is 0 Å². The lowest BCUT2D eigenvalue weighted by Gasteiger charge is -2.17. The summed E-state index contributed by atoms with van der Waals surface area (Å²) in [5, 5.41) is 7.58. The number of thiophene rings is 1. The molecule has 0 aliphatic rings. The van der Waals surface area contributed by atoms with Gasteiger partial charge < -0.3 is 5.32 Å². The van der Waals surface area contributed by atoms with Crippen LogP contribution in [0.3, 0.4) is 0 Å². The fourth-order valence-corrected chi connectivity index (χ4v) is 4.26. The number of nitrogens with zero attached hydrogens (tertiary/aromatic N) is 1. The average molecular weight is 301 g/mol. The van der Waals surface area contributed by atoms with Gasteiger partial charge in [0.1, 0.15) is 0 Å². The standard InChI is InChI=1S/C13H17ClN2S2/c1-4-6-15-11(13-10(14)5-7-17-13)12-8(2)16-9(3)18-12/h5,7,11,15H,4,6H2,1-3H3. The average Bonchev–Trinajstić information content (AvgIpc) is 2.87. The Morgan fingerprint density at radius 2 is 2.17 bits per heavy atom. The summed E-state index contributed by atoms with van der Waals surface area (Å²) in [7, 11) is 0. The third-order valence-electron chi connectivity index (χ3n) is 2.71. The van der Waals surface area contributed by atoms with E-state index in [9.17, 15) is 0 Å². The minimum atomic E-state index is 0.184. The molecule has 0 saturated heterocycles. The number of aryl methyl sites for hydroxylation is 2. The molecule has 0 aliphatic carbocycles. The lowest BCUT2D eigenvalue weighted by Crippen LogP contribution is -2.22. The Morgan fingerprint density at radius 1 is 1.39 bits per heavy atom. The molecule has 0 aliphatic heterocycles. The van der Waals surface area contributed by atoms with E-state index in [1.54, 1.807) is 22.7 Å². The van der Waals surface area contributed by atoms with E-state index in [0.717, 1.165) is 28.7 Å². The van der Waals surface area contributed by atoms with Crippen LogP contribution in [0.2, 0.25) is 5.02 Å². The highest BCUT2D eigenvalue weighted by atomic mass is 35.5. The number of hydrogen-bond donors (Lipinski definition) is 1. The fourth-order valence-electron chi connectivity index (χ4n) is 1.92. The van der Waals surface area contributed by atoms with E-state index < -0.39 is 0 Å². The van der Waals surface area contributed by atoms with Gasteiger partial charge in [-0.3, -0.25) is 0 Å². The molecule has 1 unspecified atom stereocenters. The van der Waals surface area contributed by atoms with Gasteiger partial charge in [0.15, 0.2) is 0 Å². The molecule has 2 heterocycles. The molecule has 2 rings (SSSR count). The van der Waals surface area contributed by atoms with Crippen molar-refractivity contribution in [1.29, 1.82) is 0 Å². The molecule has 2 nitrogen and oxygen atoms in total. The van der Waals surface area contributed by atoms with Gasteiger partial charge in [-0.15, -0.1) is 22.7 Å². The molecular formula is C13H17ClN2S2. The fraction of sp³-hybridized carbons (Fsp3) is 0.462. The van der Waals surface area contributed by atoms with Gasteiger partial charge in [0.25, 0.3) is 0 Å². The van der Waals surface area contributed by atoms with Gasteiger partial charge in [-0.2, -0.15) is 0 Å². The van der Waals surface area contributed by atoms with Crippen LogP contribution in [0, 0.1) is 13.8 Å². The highest BCUT2D eigenvalue weighted by molar-refractivity contribution is 7.13. The van der Waals surface area contributed by atoms with Crippen molar-refractivity contribution in [3.63, 3.8) is 0 Å². The van der Waals surface area contributed by atoms with Crippen LogP contribution in [-0.4, -0.2) is 11.5 Å². The lowest BCUT2D eigenvalue weighted by molar-refractivity contribution is 0.610. The third-order valence-corrected chi connectivity index (χ3v) is 5.27. The third kappa shape index (κ3) is 2.94. The Hall–Kier alpha value is -0.420. The van der Waals surface area contributed by atoms with Crippen LogP contribution in [0.4, 0.5) is 0 Å². The molecule has 5 heteroatoms. The van der Waals surface area contributed by atoms with E-state index in [4.69, 9.17) is 11.6 Å². The van der Waals surface area contributed by atoms with Crippen LogP contribution in [0.15, 0.2) is 11.4 Å². The highest BCUT2D eigenvalue weighted by Gasteiger charge is 2.22. The van der Waals surface area contributed by atoms with Crippen molar-refractivity contribution in [2.75, 3.05) is 6.54 Å². The zero-order chi connectivity index (χ0) is 13.1. The summed E-state index contributed by atoms with van der Waals surface area (Å²) < 4.78 is 0. The van der Waals surface area contributed by atoms with Crippen molar-refractivity contribution in [1.82, 2.24) is 10.3 Å². The van der Waals surface area contributed by atoms with Gasteiger partial charge in [0, 0.05) is 9.75 Å². The lowest BCUT2D eigenvalue weighted by atomic mass is 10.1. The molecule has 1 atom stereocenters. The van der Waals surface area contributed by atoms with Crippen molar-refractivity contribution in [3.05, 3.63) is 36.9 Å². The molecule has 1 N–H and O–H groups in total. The highest BCUT2D eigenvalue weighted by Crippen LogP contribution is 2.36. The maximum atomic E-state index is 6.28. The summed E-state index contributed by atoms with van der Waals surface area (Å²) in [5.41, 5.74) is 1.11. The normalized spacial score (nSPS) is 12.9. The molecule has 0 radical (unpaired) electrons. The number of nitrogens with one attached hydrogen (secondary N) is 1. The first-order valence-electron chi connectivity index (χ1n) is 6.03. The van der Waals surface area contributed by atoms with E-state index in [-0.39, 0.29) is 6.04 Å². The van der Waals surface area contributed by atoms with E-state index in [2.05, 4.69) is 24.1 Å². The summed E-state index contributed by atoms with van der Waals surface area (Å²) in [6.45, 7) is 7.27. The van der Waals surface area contributed by atoms with Gasteiger partial charge in [0.05, 0.1) is 21.8 Å². The second-order valence-corrected chi connectivity index (χ2v) is 6.79. The first kappa shape index (κ1) is 14.0. The predicted molar refractivity (Wildman–Crippen MR) is 81.1 cm³/mol. The Bertz CT molecular complexity index is 519. The van der Waals surface area contributed by atoms with Crippen LogP contribution in [-0.2, 0) is 0 Å². The number of thiazole rings is 1. The molecular weight excluding hydrogens is 284 g/mol. The molecule has 0 spiro atoms. The number of rotatable bonds is 5. The maximum absolute atomic E-state index is 6.28. The summed E-state index contributed by atoms with van der Waals surface area (Å²) in [6.07, 6.45) is 1.11. The summed E-state index contributed by atoms with van der Waals surface area (Å²) in [6, 6.07) is 2.15. The number of aromatic nitrogens is 1. The van der Waals surface area contributed by atoms with E-state index in [1.807, 2.05) is 18.4 Å². The SMILES string of the molecule is CCCNC(c1sccc1Cl)c1sc(C)nc1C. The van der Waals surface area contributed by atoms with Crippen molar-refractivity contribution < 1.29 is 0 Å². The minimum absolute atomic E-state index is 0.184. The number of hydrogen-bond acceptors (Lipinski definition) is 4. The maximum Gasteiger partial charge on any atom is 0.0900 e. The van der Waals surface area contributed by atoms with Crippen LogP contribution < -0.4 is 5.32 Å². The Morgan fingerprint density at radius 3 is 2.67 bits per heavy atom. The molecule has 0 fully saturated rings. The predicted octanol–water partition coefficient (Wildman–Crippen LogP) is 4.56. The van der Waals surface area contributed by atoms with Gasteiger partial charge in [-0.25, -0.2) is 4.98 Å². The Kier molecular flexibility index (Phi) is 4.78. The summed E-state index contributed by atoms with van der Waals surface area (Å²) in [5.74, 6) is 0. The van der Waals surface area contributed by atoms with Gasteiger partial charge >= 0.3 is 0 Å². The van der Waals surface area contributed by atoms with Crippen molar-refractivity contribution in [2.24, 2.45) is 0 Å². The van der Waals surface area contributed by atoms with Gasteiger partial charge in [0.2, 0.25) is 0 Å². The van der Waals surface area contributed by atoms with Crippen molar-refractivity contribution in [2.45, 2.75) is 33.2 Å². The van der Waals surface area contributed by atoms with Crippen LogP contribution in [0.5, 0.6) is 0 Å². The topological polar surface area (TPSA) is 24.9 Å². The first-order chi connectivity index (χ1) is 8.63. The largest absolute Gasteiger partial charge is 0.305 e.